The molecule has 2 N–H and O–H groups in total. The molecular formula is C26H30N4O4. The molecule has 0 spiro atoms. The summed E-state index contributed by atoms with van der Waals surface area (Å²) in [5.41, 5.74) is 2.53. The quantitative estimate of drug-likeness (QED) is 0.583. The number of nitrogens with zero attached hydrogens (tertiary/aromatic N) is 4. The number of amides is 1. The van der Waals surface area contributed by atoms with Gasteiger partial charge in [-0.15, -0.1) is 0 Å². The number of aryl methyl sites for hydroxylation is 1. The van der Waals surface area contributed by atoms with Crippen molar-refractivity contribution < 1.29 is 19.7 Å². The van der Waals surface area contributed by atoms with Crippen molar-refractivity contribution in [3.8, 4) is 17.1 Å². The number of aromatic hydroxyl groups is 1. The van der Waals surface area contributed by atoms with Gasteiger partial charge in [0.2, 0.25) is 0 Å². The van der Waals surface area contributed by atoms with Crippen LogP contribution >= 0.6 is 0 Å². The number of benzene rings is 2. The van der Waals surface area contributed by atoms with Gasteiger partial charge in [-0.25, -0.2) is 14.8 Å². The van der Waals surface area contributed by atoms with Crippen LogP contribution in [0, 0.1) is 12.8 Å². The second-order valence-electron chi connectivity index (χ2n) is 9.32. The van der Waals surface area contributed by atoms with Gasteiger partial charge in [0.1, 0.15) is 11.6 Å². The van der Waals surface area contributed by atoms with E-state index in [1.165, 1.54) is 0 Å². The van der Waals surface area contributed by atoms with Gasteiger partial charge in [0.25, 0.3) is 0 Å². The second-order valence-corrected chi connectivity index (χ2v) is 9.32. The van der Waals surface area contributed by atoms with Crippen LogP contribution in [0.2, 0.25) is 0 Å². The van der Waals surface area contributed by atoms with Crippen molar-refractivity contribution in [2.45, 2.75) is 32.2 Å². The number of rotatable bonds is 5. The minimum absolute atomic E-state index is 0.0663. The van der Waals surface area contributed by atoms with Gasteiger partial charge in [0.15, 0.2) is 5.82 Å². The highest BCUT2D eigenvalue weighted by atomic mass is 16.5. The molecule has 1 unspecified atom stereocenters. The molecule has 2 atom stereocenters. The van der Waals surface area contributed by atoms with Gasteiger partial charge in [-0.3, -0.25) is 0 Å². The number of phenolic OH excluding ortho intramolecular Hbond substituents is 1. The molecule has 2 aliphatic heterocycles. The van der Waals surface area contributed by atoms with Gasteiger partial charge >= 0.3 is 6.09 Å². The molecule has 1 amide bonds. The first-order valence-corrected chi connectivity index (χ1v) is 11.9. The molecule has 8 nitrogen and oxygen atoms in total. The lowest BCUT2D eigenvalue weighted by atomic mass is 9.96. The summed E-state index contributed by atoms with van der Waals surface area (Å²) in [5.74, 6) is 1.67. The van der Waals surface area contributed by atoms with Crippen LogP contribution in [0.5, 0.6) is 5.75 Å². The molecule has 2 saturated heterocycles. The van der Waals surface area contributed by atoms with Crippen molar-refractivity contribution in [1.29, 1.82) is 0 Å². The van der Waals surface area contributed by atoms with Crippen LogP contribution in [0.3, 0.4) is 0 Å². The third kappa shape index (κ3) is 4.50. The zero-order valence-corrected chi connectivity index (χ0v) is 19.4. The molecule has 34 heavy (non-hydrogen) atoms. The Hall–Kier alpha value is -3.39. The fourth-order valence-electron chi connectivity index (χ4n) is 5.08. The Morgan fingerprint density at radius 1 is 1.21 bits per heavy atom. The maximum Gasteiger partial charge on any atom is 0.407 e. The van der Waals surface area contributed by atoms with Gasteiger partial charge in [-0.1, -0.05) is 18.2 Å². The summed E-state index contributed by atoms with van der Waals surface area (Å²) in [6.45, 7) is 5.18. The van der Waals surface area contributed by atoms with Crippen molar-refractivity contribution in [2.75, 3.05) is 37.7 Å². The van der Waals surface area contributed by atoms with Crippen LogP contribution in [-0.2, 0) is 4.74 Å². The monoisotopic (exact) mass is 462 g/mol. The fraction of sp³-hybridized carbons (Fsp3) is 0.423. The molecule has 0 radical (unpaired) electrons. The van der Waals surface area contributed by atoms with E-state index in [2.05, 4.69) is 17.0 Å². The van der Waals surface area contributed by atoms with E-state index in [1.807, 2.05) is 25.1 Å². The highest BCUT2D eigenvalue weighted by Gasteiger charge is 2.32. The number of ether oxygens (including phenoxy) is 1. The topological polar surface area (TPSA) is 99.0 Å². The molecule has 8 heteroatoms. The van der Waals surface area contributed by atoms with Crippen LogP contribution in [0.4, 0.5) is 10.6 Å². The van der Waals surface area contributed by atoms with Crippen molar-refractivity contribution in [1.82, 2.24) is 14.9 Å². The van der Waals surface area contributed by atoms with Crippen molar-refractivity contribution >= 4 is 22.8 Å². The molecule has 2 aliphatic rings. The van der Waals surface area contributed by atoms with Crippen LogP contribution in [-0.4, -0.2) is 70.1 Å². The van der Waals surface area contributed by atoms with E-state index in [-0.39, 0.29) is 17.7 Å². The van der Waals surface area contributed by atoms with E-state index in [9.17, 15) is 15.0 Å². The van der Waals surface area contributed by atoms with Crippen molar-refractivity contribution in [3.63, 3.8) is 0 Å². The smallest absolute Gasteiger partial charge is 0.407 e. The molecule has 0 bridgehead atoms. The minimum Gasteiger partial charge on any atom is -0.507 e. The normalized spacial score (nSPS) is 20.6. The largest absolute Gasteiger partial charge is 0.507 e. The van der Waals surface area contributed by atoms with Crippen LogP contribution < -0.4 is 4.90 Å². The van der Waals surface area contributed by atoms with Crippen LogP contribution in [0.15, 0.2) is 42.5 Å². The Morgan fingerprint density at radius 3 is 2.82 bits per heavy atom. The molecule has 1 aromatic heterocycles. The number of carbonyl (C=O) groups is 1. The third-order valence-corrected chi connectivity index (χ3v) is 6.84. The number of aromatic nitrogens is 2. The summed E-state index contributed by atoms with van der Waals surface area (Å²) in [6, 6.07) is 13.2. The summed E-state index contributed by atoms with van der Waals surface area (Å²) in [5, 5.41) is 21.2. The van der Waals surface area contributed by atoms with Gasteiger partial charge in [-0.05, 0) is 61.9 Å². The van der Waals surface area contributed by atoms with Crippen LogP contribution in [0.25, 0.3) is 22.3 Å². The second kappa shape index (κ2) is 9.46. The zero-order valence-electron chi connectivity index (χ0n) is 19.4. The van der Waals surface area contributed by atoms with Crippen LogP contribution in [0.1, 0.15) is 24.8 Å². The fourth-order valence-corrected chi connectivity index (χ4v) is 5.08. The molecule has 178 valence electrons. The lowest BCUT2D eigenvalue weighted by Crippen LogP contribution is -2.47. The lowest BCUT2D eigenvalue weighted by Gasteiger charge is -2.37. The molecule has 0 aliphatic carbocycles. The number of hydrogen-bond donors (Lipinski definition) is 2. The number of phenols is 1. The molecule has 3 aromatic rings. The first-order chi connectivity index (χ1) is 16.5. The highest BCUT2D eigenvalue weighted by Crippen LogP contribution is 2.34. The molecular weight excluding hydrogens is 432 g/mol. The lowest BCUT2D eigenvalue weighted by molar-refractivity contribution is 0.101. The Morgan fingerprint density at radius 2 is 2.06 bits per heavy atom. The molecule has 3 heterocycles. The van der Waals surface area contributed by atoms with E-state index in [0.29, 0.717) is 31.1 Å². The molecule has 2 fully saturated rings. The SMILES string of the molecule is Cc1ccc2c(N3CCC[C@@H](CN(C(=O)O)C4CCOC4)C3)nc(-c3ccccc3O)nc2c1. The number of anilines is 1. The average Bonchev–Trinajstić information content (AvgIpc) is 3.36. The minimum atomic E-state index is -0.877. The predicted octanol–water partition coefficient (Wildman–Crippen LogP) is 4.30. The van der Waals surface area contributed by atoms with Gasteiger partial charge in [-0.2, -0.15) is 0 Å². The summed E-state index contributed by atoms with van der Waals surface area (Å²) >= 11 is 0. The van der Waals surface area contributed by atoms with Crippen molar-refractivity contribution in [2.24, 2.45) is 5.92 Å². The third-order valence-electron chi connectivity index (χ3n) is 6.84. The summed E-state index contributed by atoms with van der Waals surface area (Å²) in [7, 11) is 0. The summed E-state index contributed by atoms with van der Waals surface area (Å²) in [4.78, 5) is 25.5. The van der Waals surface area contributed by atoms with Gasteiger partial charge in [0.05, 0.1) is 23.7 Å². The Labute approximate surface area is 198 Å². The first-order valence-electron chi connectivity index (χ1n) is 11.9. The standard InChI is InChI=1S/C26H30N4O4/c1-17-8-9-20-22(13-17)27-24(21-6-2-3-7-23(21)31)28-25(20)29-11-4-5-18(14-29)15-30(26(32)33)19-10-12-34-16-19/h2-3,6-9,13,18-19,31H,4-5,10-12,14-16H2,1H3,(H,32,33)/t18-,19?/m1/s1. The number of para-hydroxylation sites is 1. The van der Waals surface area contributed by atoms with Gasteiger partial charge < -0.3 is 24.7 Å². The van der Waals surface area contributed by atoms with E-state index in [0.717, 1.165) is 54.6 Å². The van der Waals surface area contributed by atoms with E-state index < -0.39 is 6.09 Å². The van der Waals surface area contributed by atoms with E-state index in [1.54, 1.807) is 17.0 Å². The van der Waals surface area contributed by atoms with Crippen molar-refractivity contribution in [3.05, 3.63) is 48.0 Å². The average molecular weight is 463 g/mol. The maximum absolute atomic E-state index is 12.0. The molecule has 0 saturated carbocycles. The summed E-state index contributed by atoms with van der Waals surface area (Å²) < 4.78 is 5.44. The maximum atomic E-state index is 12.0. The molecule has 2 aromatic carbocycles. The summed E-state index contributed by atoms with van der Waals surface area (Å²) in [6.07, 6.45) is 1.81. The highest BCUT2D eigenvalue weighted by molar-refractivity contribution is 5.92. The zero-order chi connectivity index (χ0) is 23.7. The number of piperidine rings is 1. The van der Waals surface area contributed by atoms with E-state index >= 15 is 0 Å². The Kier molecular flexibility index (Phi) is 6.24. The number of hydrogen-bond acceptors (Lipinski definition) is 6. The Bertz CT molecular complexity index is 1190. The first kappa shape index (κ1) is 22.4. The van der Waals surface area contributed by atoms with Gasteiger partial charge in [0, 0.05) is 31.6 Å². The predicted molar refractivity (Wildman–Crippen MR) is 130 cm³/mol. The number of fused-ring (bicyclic) bond motifs is 1. The molecule has 5 rings (SSSR count). The number of carboxylic acid groups (broad SMARTS) is 1. The Balaban J connectivity index is 1.48. The van der Waals surface area contributed by atoms with E-state index in [4.69, 9.17) is 14.7 Å².